The van der Waals surface area contributed by atoms with E-state index in [-0.39, 0.29) is 24.4 Å². The molecule has 3 aromatic rings. The lowest BCUT2D eigenvalue weighted by molar-refractivity contribution is -0.134. The molecular weight excluding hydrogens is 436 g/mol. The van der Waals surface area contributed by atoms with Crippen LogP contribution in [0, 0.1) is 5.92 Å². The van der Waals surface area contributed by atoms with Crippen molar-refractivity contribution in [3.05, 3.63) is 64.9 Å². The average molecular weight is 465 g/mol. The van der Waals surface area contributed by atoms with E-state index in [2.05, 4.69) is 17.2 Å². The molecule has 0 spiro atoms. The topological polar surface area (TPSA) is 67.2 Å². The molecule has 2 amide bonds. The van der Waals surface area contributed by atoms with Gasteiger partial charge in [-0.05, 0) is 62.3 Å². The minimum absolute atomic E-state index is 0.120. The number of nitrogens with zero attached hydrogens (tertiary/aromatic N) is 3. The van der Waals surface area contributed by atoms with Gasteiger partial charge in [-0.15, -0.1) is 0 Å². The van der Waals surface area contributed by atoms with Crippen LogP contribution in [-0.2, 0) is 17.9 Å². The molecule has 1 aliphatic carbocycles. The highest BCUT2D eigenvalue weighted by atomic mass is 35.5. The van der Waals surface area contributed by atoms with Gasteiger partial charge in [0.1, 0.15) is 5.54 Å². The summed E-state index contributed by atoms with van der Waals surface area (Å²) in [7, 11) is 0. The van der Waals surface area contributed by atoms with Gasteiger partial charge in [0, 0.05) is 17.6 Å². The highest BCUT2D eigenvalue weighted by Gasteiger charge is 2.49. The first kappa shape index (κ1) is 22.0. The number of nitrogens with one attached hydrogen (secondary N) is 1. The summed E-state index contributed by atoms with van der Waals surface area (Å²) in [6, 6.07) is 15.3. The van der Waals surface area contributed by atoms with Gasteiger partial charge in [-0.3, -0.25) is 9.59 Å². The molecule has 0 radical (unpaired) electrons. The molecule has 2 aliphatic rings. The molecule has 1 saturated carbocycles. The number of carbonyl (C=O) groups excluding carboxylic acids is 2. The number of amides is 2. The summed E-state index contributed by atoms with van der Waals surface area (Å²) in [4.78, 5) is 33.8. The van der Waals surface area contributed by atoms with Crippen LogP contribution < -0.4 is 5.32 Å². The van der Waals surface area contributed by atoms with Crippen LogP contribution in [-0.4, -0.2) is 37.8 Å². The van der Waals surface area contributed by atoms with Crippen LogP contribution in [0.25, 0.3) is 11.0 Å². The Morgan fingerprint density at radius 2 is 1.82 bits per heavy atom. The third kappa shape index (κ3) is 3.90. The van der Waals surface area contributed by atoms with Crippen molar-refractivity contribution in [3.63, 3.8) is 0 Å². The molecule has 2 heterocycles. The summed E-state index contributed by atoms with van der Waals surface area (Å²) in [6.45, 7) is 4.71. The second-order valence-electron chi connectivity index (χ2n) is 9.70. The highest BCUT2D eigenvalue weighted by molar-refractivity contribution is 6.31. The summed E-state index contributed by atoms with van der Waals surface area (Å²) >= 11 is 6.44. The van der Waals surface area contributed by atoms with E-state index in [9.17, 15) is 9.59 Å². The van der Waals surface area contributed by atoms with E-state index in [1.807, 2.05) is 54.0 Å². The lowest BCUT2D eigenvalue weighted by atomic mass is 9.86. The zero-order valence-electron chi connectivity index (χ0n) is 19.1. The van der Waals surface area contributed by atoms with Gasteiger partial charge in [0.2, 0.25) is 5.91 Å². The van der Waals surface area contributed by atoms with Crippen LogP contribution >= 0.6 is 11.6 Å². The number of hydrogen-bond donors (Lipinski definition) is 1. The monoisotopic (exact) mass is 464 g/mol. The number of imidazole rings is 1. The fourth-order valence-corrected chi connectivity index (χ4v) is 5.32. The number of hydrogen-bond acceptors (Lipinski definition) is 3. The third-order valence-electron chi connectivity index (χ3n) is 7.28. The minimum atomic E-state index is -1.07. The van der Waals surface area contributed by atoms with E-state index in [1.165, 1.54) is 0 Å². The first-order valence-corrected chi connectivity index (χ1v) is 12.1. The van der Waals surface area contributed by atoms with Gasteiger partial charge < -0.3 is 14.8 Å². The Morgan fingerprint density at radius 1 is 1.12 bits per heavy atom. The van der Waals surface area contributed by atoms with E-state index in [0.29, 0.717) is 23.3 Å². The maximum absolute atomic E-state index is 13.8. The quantitative estimate of drug-likeness (QED) is 0.603. The normalized spacial score (nSPS) is 25.2. The smallest absolute Gasteiger partial charge is 0.291 e. The molecule has 1 atom stereocenters. The van der Waals surface area contributed by atoms with Crippen LogP contribution in [0.15, 0.2) is 48.5 Å². The Kier molecular flexibility index (Phi) is 5.65. The van der Waals surface area contributed by atoms with Gasteiger partial charge in [0.05, 0.1) is 17.6 Å². The SMILES string of the molecule is CC1CCC(NC(=O)C2(C)Cn3c(nc4ccccc43)C(=O)N2Cc2ccccc2Cl)CC1. The van der Waals surface area contributed by atoms with Crippen LogP contribution in [0.3, 0.4) is 0 Å². The number of para-hydroxylation sites is 2. The Labute approximate surface area is 198 Å². The van der Waals surface area contributed by atoms with Crippen molar-refractivity contribution in [1.29, 1.82) is 0 Å². The van der Waals surface area contributed by atoms with E-state index < -0.39 is 5.54 Å². The van der Waals surface area contributed by atoms with Crippen LogP contribution in [0.4, 0.5) is 0 Å². The van der Waals surface area contributed by atoms with Crippen molar-refractivity contribution in [2.24, 2.45) is 5.92 Å². The van der Waals surface area contributed by atoms with E-state index >= 15 is 0 Å². The number of rotatable bonds is 4. The van der Waals surface area contributed by atoms with Gasteiger partial charge in [-0.2, -0.15) is 0 Å². The molecule has 1 aromatic heterocycles. The predicted octanol–water partition coefficient (Wildman–Crippen LogP) is 4.80. The summed E-state index contributed by atoms with van der Waals surface area (Å²) in [6.07, 6.45) is 4.17. The van der Waals surface area contributed by atoms with E-state index in [0.717, 1.165) is 42.3 Å². The Balaban J connectivity index is 1.54. The molecule has 0 bridgehead atoms. The second-order valence-corrected chi connectivity index (χ2v) is 10.1. The summed E-state index contributed by atoms with van der Waals surface area (Å²) in [5.41, 5.74) is 1.35. The molecule has 1 unspecified atom stereocenters. The summed E-state index contributed by atoms with van der Waals surface area (Å²) in [5.74, 6) is 0.680. The molecule has 1 fully saturated rings. The maximum atomic E-state index is 13.8. The fraction of sp³-hybridized carbons (Fsp3) is 0.423. The number of benzene rings is 2. The molecule has 5 rings (SSSR count). The minimum Gasteiger partial charge on any atom is -0.351 e. The number of fused-ring (bicyclic) bond motifs is 3. The van der Waals surface area contributed by atoms with Crippen LogP contribution in [0.5, 0.6) is 0 Å². The van der Waals surface area contributed by atoms with Crippen molar-refractivity contribution in [2.45, 2.75) is 64.2 Å². The van der Waals surface area contributed by atoms with Gasteiger partial charge >= 0.3 is 0 Å². The van der Waals surface area contributed by atoms with Crippen LogP contribution in [0.1, 0.15) is 55.7 Å². The molecule has 172 valence electrons. The van der Waals surface area contributed by atoms with Crippen molar-refractivity contribution in [1.82, 2.24) is 19.8 Å². The molecule has 1 N–H and O–H groups in total. The lowest BCUT2D eigenvalue weighted by Gasteiger charge is -2.44. The lowest BCUT2D eigenvalue weighted by Crippen LogP contribution is -2.64. The maximum Gasteiger partial charge on any atom is 0.291 e. The second kappa shape index (κ2) is 8.49. The first-order valence-electron chi connectivity index (χ1n) is 11.7. The van der Waals surface area contributed by atoms with Crippen molar-refractivity contribution in [3.8, 4) is 0 Å². The van der Waals surface area contributed by atoms with Gasteiger partial charge in [-0.1, -0.05) is 48.9 Å². The average Bonchev–Trinajstić information content (AvgIpc) is 3.18. The van der Waals surface area contributed by atoms with Crippen molar-refractivity contribution in [2.75, 3.05) is 0 Å². The van der Waals surface area contributed by atoms with Crippen molar-refractivity contribution >= 4 is 34.4 Å². The van der Waals surface area contributed by atoms with Crippen LogP contribution in [0.2, 0.25) is 5.02 Å². The zero-order valence-corrected chi connectivity index (χ0v) is 19.8. The molecule has 33 heavy (non-hydrogen) atoms. The third-order valence-corrected chi connectivity index (χ3v) is 7.65. The Morgan fingerprint density at radius 3 is 2.58 bits per heavy atom. The number of aromatic nitrogens is 2. The molecule has 1 aliphatic heterocycles. The van der Waals surface area contributed by atoms with Gasteiger partial charge in [-0.25, -0.2) is 4.98 Å². The molecule has 0 saturated heterocycles. The van der Waals surface area contributed by atoms with Gasteiger partial charge in [0.25, 0.3) is 5.91 Å². The number of halogens is 1. The molecule has 2 aromatic carbocycles. The molecule has 7 heteroatoms. The highest BCUT2D eigenvalue weighted by Crippen LogP contribution is 2.33. The zero-order chi connectivity index (χ0) is 23.2. The molecule has 6 nitrogen and oxygen atoms in total. The summed E-state index contributed by atoms with van der Waals surface area (Å²) in [5, 5.41) is 3.85. The fourth-order valence-electron chi connectivity index (χ4n) is 5.12. The standard InChI is InChI=1S/C26H29ClN4O2/c1-17-11-13-19(14-12-17)28-25(33)26(2)16-30-22-10-6-5-9-21(22)29-23(30)24(32)31(26)15-18-7-3-4-8-20(18)27/h3-10,17,19H,11-16H2,1-2H3,(H,28,33). The largest absolute Gasteiger partial charge is 0.351 e. The van der Waals surface area contributed by atoms with E-state index in [1.54, 1.807) is 11.0 Å². The predicted molar refractivity (Wildman–Crippen MR) is 129 cm³/mol. The first-order chi connectivity index (χ1) is 15.9. The van der Waals surface area contributed by atoms with E-state index in [4.69, 9.17) is 11.6 Å². The van der Waals surface area contributed by atoms with Crippen molar-refractivity contribution < 1.29 is 9.59 Å². The summed E-state index contributed by atoms with van der Waals surface area (Å²) < 4.78 is 1.89. The van der Waals surface area contributed by atoms with Gasteiger partial charge in [0.15, 0.2) is 5.82 Å². The Bertz CT molecular complexity index is 1210. The molecular formula is C26H29ClN4O2. The Hall–Kier alpha value is -2.86. The number of carbonyl (C=O) groups is 2.